The summed E-state index contributed by atoms with van der Waals surface area (Å²) in [5.41, 5.74) is 0.200. The van der Waals surface area contributed by atoms with Gasteiger partial charge in [-0.15, -0.1) is 0 Å². The van der Waals surface area contributed by atoms with Gasteiger partial charge < -0.3 is 14.7 Å². The molecule has 24 heavy (non-hydrogen) atoms. The topological polar surface area (TPSA) is 84.7 Å². The van der Waals surface area contributed by atoms with Gasteiger partial charge in [0.15, 0.2) is 0 Å². The van der Waals surface area contributed by atoms with E-state index in [1.165, 1.54) is 4.90 Å². The van der Waals surface area contributed by atoms with E-state index in [1.54, 1.807) is 16.9 Å². The molecule has 0 saturated carbocycles. The van der Waals surface area contributed by atoms with Crippen molar-refractivity contribution in [1.82, 2.24) is 14.7 Å². The van der Waals surface area contributed by atoms with Crippen molar-refractivity contribution in [2.45, 2.75) is 18.6 Å². The van der Waals surface area contributed by atoms with Crippen molar-refractivity contribution in [2.24, 2.45) is 0 Å². The van der Waals surface area contributed by atoms with Gasteiger partial charge in [0.05, 0.1) is 19.5 Å². The summed E-state index contributed by atoms with van der Waals surface area (Å²) in [5.74, 6) is -0.919. The average molecular weight is 441 g/mol. The van der Waals surface area contributed by atoms with Crippen LogP contribution in [0.25, 0.3) is 0 Å². The minimum absolute atomic E-state index is 0.0901. The fourth-order valence-corrected chi connectivity index (χ4v) is 3.18. The first-order chi connectivity index (χ1) is 11.5. The van der Waals surface area contributed by atoms with Crippen LogP contribution in [0.5, 0.6) is 0 Å². The molecule has 0 bridgehead atoms. The summed E-state index contributed by atoms with van der Waals surface area (Å²) in [7, 11) is 0. The second kappa shape index (κ2) is 6.80. The molecule has 1 aliphatic rings. The minimum Gasteiger partial charge on any atom is -0.481 e. The number of nitrogens with zero attached hydrogens (tertiary/aromatic N) is 3. The maximum absolute atomic E-state index is 12.1. The number of carboxylic acid groups (broad SMARTS) is 1. The molecule has 7 nitrogen and oxygen atoms in total. The van der Waals surface area contributed by atoms with E-state index in [1.807, 2.05) is 30.3 Å². The van der Waals surface area contributed by atoms with Gasteiger partial charge in [0.2, 0.25) is 0 Å². The van der Waals surface area contributed by atoms with Gasteiger partial charge >= 0.3 is 12.1 Å². The van der Waals surface area contributed by atoms with Crippen molar-refractivity contribution in [3.05, 3.63) is 51.9 Å². The highest BCUT2D eigenvalue weighted by molar-refractivity contribution is 14.1. The molecule has 1 aromatic heterocycles. The molecule has 2 aromatic rings. The highest BCUT2D eigenvalue weighted by Crippen LogP contribution is 2.33. The van der Waals surface area contributed by atoms with E-state index < -0.39 is 17.6 Å². The Balaban J connectivity index is 1.62. The summed E-state index contributed by atoms with van der Waals surface area (Å²) in [6.07, 6.45) is 1.21. The summed E-state index contributed by atoms with van der Waals surface area (Å²) in [6.45, 7) is 0.733. The molecule has 1 aromatic carbocycles. The molecule has 1 aliphatic heterocycles. The molecule has 0 unspecified atom stereocenters. The van der Waals surface area contributed by atoms with Crippen LogP contribution in [-0.4, -0.2) is 44.9 Å². The lowest BCUT2D eigenvalue weighted by molar-refractivity contribution is -0.142. The number of amides is 1. The van der Waals surface area contributed by atoms with Gasteiger partial charge in [-0.25, -0.2) is 4.79 Å². The third-order valence-corrected chi connectivity index (χ3v) is 4.53. The number of halogens is 1. The normalized spacial score (nSPS) is 15.6. The number of aromatic nitrogens is 2. The molecule has 1 fully saturated rings. The van der Waals surface area contributed by atoms with Crippen LogP contribution in [0.2, 0.25) is 0 Å². The van der Waals surface area contributed by atoms with Crippen molar-refractivity contribution in [2.75, 3.05) is 13.1 Å². The molecule has 3 rings (SSSR count). The Hall–Kier alpha value is -2.10. The van der Waals surface area contributed by atoms with Crippen LogP contribution < -0.4 is 0 Å². The van der Waals surface area contributed by atoms with E-state index >= 15 is 0 Å². The van der Waals surface area contributed by atoms with Crippen molar-refractivity contribution >= 4 is 34.7 Å². The first-order valence-electron chi connectivity index (χ1n) is 7.38. The van der Waals surface area contributed by atoms with Crippen molar-refractivity contribution in [3.63, 3.8) is 0 Å². The largest absolute Gasteiger partial charge is 0.481 e. The Labute approximate surface area is 152 Å². The van der Waals surface area contributed by atoms with E-state index in [2.05, 4.69) is 27.7 Å². The van der Waals surface area contributed by atoms with Gasteiger partial charge in [-0.05, 0) is 34.2 Å². The highest BCUT2D eigenvalue weighted by Gasteiger charge is 2.49. The summed E-state index contributed by atoms with van der Waals surface area (Å²) < 4.78 is 7.70. The van der Waals surface area contributed by atoms with Crippen molar-refractivity contribution in [1.29, 1.82) is 0 Å². The third kappa shape index (κ3) is 3.53. The molecule has 0 aliphatic carbocycles. The zero-order valence-corrected chi connectivity index (χ0v) is 14.9. The molecule has 8 heteroatoms. The van der Waals surface area contributed by atoms with Gasteiger partial charge in [0.25, 0.3) is 0 Å². The first kappa shape index (κ1) is 16.7. The predicted octanol–water partition coefficient (Wildman–Crippen LogP) is 2.31. The van der Waals surface area contributed by atoms with E-state index in [-0.39, 0.29) is 26.1 Å². The molecule has 126 valence electrons. The lowest BCUT2D eigenvalue weighted by Crippen LogP contribution is -2.65. The van der Waals surface area contributed by atoms with E-state index in [4.69, 9.17) is 4.74 Å². The molecule has 0 atom stereocenters. The average Bonchev–Trinajstić information content (AvgIpc) is 2.95. The summed E-state index contributed by atoms with van der Waals surface area (Å²) in [5, 5.41) is 13.5. The lowest BCUT2D eigenvalue weighted by atomic mass is 9.86. The molecular weight excluding hydrogens is 425 g/mol. The van der Waals surface area contributed by atoms with Gasteiger partial charge in [-0.2, -0.15) is 5.10 Å². The zero-order chi connectivity index (χ0) is 17.2. The number of benzene rings is 1. The van der Waals surface area contributed by atoms with Crippen LogP contribution in [0.4, 0.5) is 4.79 Å². The third-order valence-electron chi connectivity index (χ3n) is 3.96. The predicted molar refractivity (Wildman–Crippen MR) is 93.4 cm³/mol. The van der Waals surface area contributed by atoms with Gasteiger partial charge in [0.1, 0.15) is 15.8 Å². The van der Waals surface area contributed by atoms with Crippen molar-refractivity contribution in [3.8, 4) is 0 Å². The molecule has 0 spiro atoms. The molecule has 1 N–H and O–H groups in total. The molecule has 1 saturated heterocycles. The fraction of sp³-hybridized carbons (Fsp3) is 0.312. The fourth-order valence-electron chi connectivity index (χ4n) is 2.79. The van der Waals surface area contributed by atoms with Crippen LogP contribution in [0, 0.1) is 3.70 Å². The maximum Gasteiger partial charge on any atom is 0.410 e. The number of hydrogen-bond donors (Lipinski definition) is 1. The van der Waals surface area contributed by atoms with Gasteiger partial charge in [-0.1, -0.05) is 30.3 Å². The lowest BCUT2D eigenvalue weighted by Gasteiger charge is -2.48. The van der Waals surface area contributed by atoms with Gasteiger partial charge in [0, 0.05) is 6.20 Å². The number of carbonyl (C=O) groups is 2. The number of likely N-dealkylation sites (tertiary alicyclic amines) is 1. The molecule has 2 heterocycles. The second-order valence-electron chi connectivity index (χ2n) is 5.77. The summed E-state index contributed by atoms with van der Waals surface area (Å²) >= 11 is 2.07. The zero-order valence-electron chi connectivity index (χ0n) is 12.8. The number of carbonyl (C=O) groups excluding carboxylic acids is 1. The van der Waals surface area contributed by atoms with Crippen LogP contribution in [0.15, 0.2) is 42.6 Å². The highest BCUT2D eigenvalue weighted by atomic mass is 127. The Morgan fingerprint density at radius 2 is 1.96 bits per heavy atom. The Morgan fingerprint density at radius 1 is 1.25 bits per heavy atom. The quantitative estimate of drug-likeness (QED) is 0.721. The molecular formula is C16H16IN3O4. The minimum atomic E-state index is -0.919. The second-order valence-corrected chi connectivity index (χ2v) is 6.88. The Morgan fingerprint density at radius 3 is 2.54 bits per heavy atom. The monoisotopic (exact) mass is 441 g/mol. The van der Waals surface area contributed by atoms with Gasteiger partial charge in [-0.3, -0.25) is 9.48 Å². The number of aliphatic carboxylic acids is 1. The Bertz CT molecular complexity index is 741. The van der Waals surface area contributed by atoms with Crippen LogP contribution in [0.3, 0.4) is 0 Å². The maximum atomic E-state index is 12.1. The summed E-state index contributed by atoms with van der Waals surface area (Å²) in [4.78, 5) is 24.8. The number of hydrogen-bond acceptors (Lipinski definition) is 4. The first-order valence-corrected chi connectivity index (χ1v) is 8.45. The van der Waals surface area contributed by atoms with Crippen molar-refractivity contribution < 1.29 is 19.4 Å². The summed E-state index contributed by atoms with van der Waals surface area (Å²) in [6, 6.07) is 11.2. The number of carboxylic acids is 1. The van der Waals surface area contributed by atoms with E-state index in [9.17, 15) is 14.7 Å². The van der Waals surface area contributed by atoms with Crippen LogP contribution >= 0.6 is 22.6 Å². The van der Waals surface area contributed by atoms with Crippen LogP contribution in [-0.2, 0) is 21.7 Å². The Kier molecular flexibility index (Phi) is 4.74. The molecule has 1 amide bonds. The smallest absolute Gasteiger partial charge is 0.410 e. The standard InChI is InChI=1S/C16H16IN3O4/c17-13-6-7-20(18-13)16(8-14(21)22)10-19(11-16)15(23)24-9-12-4-2-1-3-5-12/h1-7H,8-11H2,(H,21,22). The molecule has 0 radical (unpaired) electrons. The number of rotatable bonds is 5. The van der Waals surface area contributed by atoms with E-state index in [0.29, 0.717) is 0 Å². The van der Waals surface area contributed by atoms with Crippen LogP contribution in [0.1, 0.15) is 12.0 Å². The van der Waals surface area contributed by atoms with E-state index in [0.717, 1.165) is 9.26 Å². The SMILES string of the molecule is O=C(O)CC1(n2ccc(I)n2)CN(C(=O)OCc2ccccc2)C1. The number of ether oxygens (including phenoxy) is 1.